The molecule has 0 radical (unpaired) electrons. The first-order chi connectivity index (χ1) is 7.77. The highest BCUT2D eigenvalue weighted by Gasteiger charge is 2.13. The maximum atomic E-state index is 12.0. The van der Waals surface area contributed by atoms with Crippen LogP contribution < -0.4 is 0 Å². The van der Waals surface area contributed by atoms with Crippen LogP contribution in [0.15, 0.2) is 35.9 Å². The molecule has 0 aromatic heterocycles. The monoisotopic (exact) mass is 234 g/mol. The molecule has 0 saturated heterocycles. The fraction of sp³-hybridized carbons (Fsp3) is 0.357. The van der Waals surface area contributed by atoms with Crippen molar-refractivity contribution in [1.29, 1.82) is 0 Å². The van der Waals surface area contributed by atoms with E-state index in [1.54, 1.807) is 12.1 Å². The minimum absolute atomic E-state index is 0.138. The number of halogens is 1. The van der Waals surface area contributed by atoms with E-state index in [0.717, 1.165) is 12.8 Å². The molecule has 1 aromatic carbocycles. The van der Waals surface area contributed by atoms with Crippen LogP contribution in [0.1, 0.15) is 42.5 Å². The Morgan fingerprint density at radius 2 is 2.06 bits per heavy atom. The quantitative estimate of drug-likeness (QED) is 0.559. The lowest BCUT2D eigenvalue weighted by atomic mass is 9.94. The predicted octanol–water partition coefficient (Wildman–Crippen LogP) is 4.41. The maximum Gasteiger partial charge on any atom is 0.168 e. The van der Waals surface area contributed by atoms with Crippen molar-refractivity contribution >= 4 is 17.4 Å². The van der Waals surface area contributed by atoms with Crippen LogP contribution in [-0.2, 0) is 0 Å². The van der Waals surface area contributed by atoms with Gasteiger partial charge in [-0.3, -0.25) is 4.79 Å². The SMILES string of the molecule is O=C(CC1=CCCCC1)c1ccccc1Cl. The van der Waals surface area contributed by atoms with Crippen LogP contribution in [0.3, 0.4) is 0 Å². The van der Waals surface area contributed by atoms with Gasteiger partial charge >= 0.3 is 0 Å². The van der Waals surface area contributed by atoms with Crippen LogP contribution in [0.25, 0.3) is 0 Å². The molecule has 0 fully saturated rings. The van der Waals surface area contributed by atoms with E-state index in [9.17, 15) is 4.79 Å². The van der Waals surface area contributed by atoms with Crippen molar-refractivity contribution in [3.05, 3.63) is 46.5 Å². The average molecular weight is 235 g/mol. The molecule has 0 unspecified atom stereocenters. The lowest BCUT2D eigenvalue weighted by Crippen LogP contribution is -2.03. The number of rotatable bonds is 3. The Labute approximate surface area is 101 Å². The number of hydrogen-bond donors (Lipinski definition) is 0. The zero-order valence-corrected chi connectivity index (χ0v) is 9.96. The molecule has 84 valence electrons. The van der Waals surface area contributed by atoms with Gasteiger partial charge in [0.2, 0.25) is 0 Å². The van der Waals surface area contributed by atoms with Gasteiger partial charge in [0.25, 0.3) is 0 Å². The minimum Gasteiger partial charge on any atom is -0.294 e. The smallest absolute Gasteiger partial charge is 0.168 e. The van der Waals surface area contributed by atoms with Gasteiger partial charge in [0.05, 0.1) is 5.02 Å². The molecule has 1 aliphatic carbocycles. The van der Waals surface area contributed by atoms with Crippen molar-refractivity contribution in [1.82, 2.24) is 0 Å². The summed E-state index contributed by atoms with van der Waals surface area (Å²) in [5, 5.41) is 0.559. The number of carbonyl (C=O) groups excluding carboxylic acids is 1. The van der Waals surface area contributed by atoms with Gasteiger partial charge in [-0.15, -0.1) is 0 Å². The van der Waals surface area contributed by atoms with E-state index in [4.69, 9.17) is 11.6 Å². The fourth-order valence-corrected chi connectivity index (χ4v) is 2.30. The Morgan fingerprint density at radius 3 is 2.75 bits per heavy atom. The zero-order chi connectivity index (χ0) is 11.4. The summed E-state index contributed by atoms with van der Waals surface area (Å²) in [6, 6.07) is 7.27. The molecule has 0 heterocycles. The van der Waals surface area contributed by atoms with E-state index in [0.29, 0.717) is 17.0 Å². The van der Waals surface area contributed by atoms with Gasteiger partial charge in [-0.25, -0.2) is 0 Å². The Balaban J connectivity index is 2.08. The van der Waals surface area contributed by atoms with Gasteiger partial charge in [-0.05, 0) is 37.8 Å². The first-order valence-corrected chi connectivity index (χ1v) is 6.11. The van der Waals surface area contributed by atoms with Crippen molar-refractivity contribution in [3.63, 3.8) is 0 Å². The van der Waals surface area contributed by atoms with Crippen LogP contribution in [0.5, 0.6) is 0 Å². The second-order valence-electron chi connectivity index (χ2n) is 4.19. The second-order valence-corrected chi connectivity index (χ2v) is 4.60. The van der Waals surface area contributed by atoms with Crippen molar-refractivity contribution in [2.45, 2.75) is 32.1 Å². The van der Waals surface area contributed by atoms with E-state index in [1.807, 2.05) is 12.1 Å². The van der Waals surface area contributed by atoms with Crippen molar-refractivity contribution < 1.29 is 4.79 Å². The third kappa shape index (κ3) is 2.73. The standard InChI is InChI=1S/C14H15ClO/c15-13-9-5-4-8-12(13)14(16)10-11-6-2-1-3-7-11/h4-6,8-9H,1-3,7,10H2. The second kappa shape index (κ2) is 5.31. The fourth-order valence-electron chi connectivity index (χ4n) is 2.05. The zero-order valence-electron chi connectivity index (χ0n) is 9.21. The molecule has 1 aliphatic rings. The number of Topliss-reactive ketones (excluding diaryl/α,β-unsaturated/α-hetero) is 1. The summed E-state index contributed by atoms with van der Waals surface area (Å²) >= 11 is 6.00. The lowest BCUT2D eigenvalue weighted by molar-refractivity contribution is 0.0991. The van der Waals surface area contributed by atoms with Crippen molar-refractivity contribution in [2.24, 2.45) is 0 Å². The number of ketones is 1. The molecular formula is C14H15ClO. The summed E-state index contributed by atoms with van der Waals surface area (Å²) in [5.41, 5.74) is 1.92. The number of hydrogen-bond acceptors (Lipinski definition) is 1. The Kier molecular flexibility index (Phi) is 3.79. The molecule has 0 saturated carbocycles. The first kappa shape index (κ1) is 11.4. The van der Waals surface area contributed by atoms with E-state index < -0.39 is 0 Å². The summed E-state index contributed by atoms with van der Waals surface area (Å²) in [7, 11) is 0. The molecule has 0 N–H and O–H groups in total. The van der Waals surface area contributed by atoms with Crippen molar-refractivity contribution in [2.75, 3.05) is 0 Å². The molecule has 2 heteroatoms. The average Bonchev–Trinajstić information content (AvgIpc) is 2.31. The summed E-state index contributed by atoms with van der Waals surface area (Å²) in [4.78, 5) is 12.0. The Bertz CT molecular complexity index is 420. The third-order valence-electron chi connectivity index (χ3n) is 2.95. The molecule has 1 aromatic rings. The molecule has 1 nitrogen and oxygen atoms in total. The molecule has 16 heavy (non-hydrogen) atoms. The highest BCUT2D eigenvalue weighted by atomic mass is 35.5. The molecular weight excluding hydrogens is 220 g/mol. The van der Waals surface area contributed by atoms with Crippen LogP contribution >= 0.6 is 11.6 Å². The van der Waals surface area contributed by atoms with Gasteiger partial charge in [0.15, 0.2) is 5.78 Å². The number of allylic oxidation sites excluding steroid dienone is 2. The van der Waals surface area contributed by atoms with E-state index in [1.165, 1.54) is 18.4 Å². The van der Waals surface area contributed by atoms with E-state index in [-0.39, 0.29) is 5.78 Å². The van der Waals surface area contributed by atoms with Gasteiger partial charge in [-0.1, -0.05) is 35.4 Å². The maximum absolute atomic E-state index is 12.0. The van der Waals surface area contributed by atoms with Gasteiger partial charge in [0.1, 0.15) is 0 Å². The number of carbonyl (C=O) groups is 1. The topological polar surface area (TPSA) is 17.1 Å². The largest absolute Gasteiger partial charge is 0.294 e. The molecule has 0 aliphatic heterocycles. The molecule has 0 bridgehead atoms. The van der Waals surface area contributed by atoms with Gasteiger partial charge in [-0.2, -0.15) is 0 Å². The summed E-state index contributed by atoms with van der Waals surface area (Å²) in [6.07, 6.45) is 7.38. The molecule has 0 spiro atoms. The Morgan fingerprint density at radius 1 is 1.25 bits per heavy atom. The third-order valence-corrected chi connectivity index (χ3v) is 3.28. The molecule has 2 rings (SSSR count). The minimum atomic E-state index is 0.138. The van der Waals surface area contributed by atoms with Gasteiger partial charge in [0, 0.05) is 12.0 Å². The summed E-state index contributed by atoms with van der Waals surface area (Å²) in [6.45, 7) is 0. The predicted molar refractivity (Wildman–Crippen MR) is 67.0 cm³/mol. The van der Waals surface area contributed by atoms with Gasteiger partial charge < -0.3 is 0 Å². The van der Waals surface area contributed by atoms with Crippen LogP contribution in [0.2, 0.25) is 5.02 Å². The normalized spacial score (nSPS) is 15.7. The molecule has 0 atom stereocenters. The lowest BCUT2D eigenvalue weighted by Gasteiger charge is -2.12. The van der Waals surface area contributed by atoms with Crippen LogP contribution in [0, 0.1) is 0 Å². The summed E-state index contributed by atoms with van der Waals surface area (Å²) < 4.78 is 0. The first-order valence-electron chi connectivity index (χ1n) is 5.73. The van der Waals surface area contributed by atoms with Crippen LogP contribution in [0.4, 0.5) is 0 Å². The highest BCUT2D eigenvalue weighted by Crippen LogP contribution is 2.24. The summed E-state index contributed by atoms with van der Waals surface area (Å²) in [5.74, 6) is 0.138. The van der Waals surface area contributed by atoms with Crippen molar-refractivity contribution in [3.8, 4) is 0 Å². The van der Waals surface area contributed by atoms with E-state index in [2.05, 4.69) is 6.08 Å². The molecule has 0 amide bonds. The van der Waals surface area contributed by atoms with E-state index >= 15 is 0 Å². The highest BCUT2D eigenvalue weighted by molar-refractivity contribution is 6.34. The number of benzene rings is 1. The Hall–Kier alpha value is -1.08. The van der Waals surface area contributed by atoms with Crippen LogP contribution in [-0.4, -0.2) is 5.78 Å².